The fourth-order valence-corrected chi connectivity index (χ4v) is 3.04. The predicted molar refractivity (Wildman–Crippen MR) is 75.7 cm³/mol. The Kier molecular flexibility index (Phi) is 3.56. The van der Waals surface area contributed by atoms with Crippen molar-refractivity contribution in [2.75, 3.05) is 0 Å². The zero-order valence-corrected chi connectivity index (χ0v) is 11.5. The van der Waals surface area contributed by atoms with Crippen molar-refractivity contribution < 1.29 is 4.79 Å². The number of nitrogens with one attached hydrogen (secondary N) is 2. The van der Waals surface area contributed by atoms with Gasteiger partial charge >= 0.3 is 0 Å². The molecule has 0 radical (unpaired) electrons. The van der Waals surface area contributed by atoms with Crippen LogP contribution in [-0.4, -0.2) is 18.0 Å². The van der Waals surface area contributed by atoms with Gasteiger partial charge in [-0.3, -0.25) is 4.79 Å². The van der Waals surface area contributed by atoms with Crippen LogP contribution in [0.3, 0.4) is 0 Å². The number of carbonyl (C=O) groups excluding carboxylic acids is 1. The summed E-state index contributed by atoms with van der Waals surface area (Å²) in [4.78, 5) is 12.2. The Bertz CT molecular complexity index is 472. The molecule has 3 unspecified atom stereocenters. The average Bonchev–Trinajstić information content (AvgIpc) is 3.16. The molecular weight excluding hydrogens is 236 g/mol. The van der Waals surface area contributed by atoms with Crippen molar-refractivity contribution >= 4 is 5.91 Å². The van der Waals surface area contributed by atoms with Crippen molar-refractivity contribution in [3.63, 3.8) is 0 Å². The molecule has 0 bridgehead atoms. The molecule has 3 rings (SSSR count). The van der Waals surface area contributed by atoms with E-state index in [9.17, 15) is 4.79 Å². The lowest BCUT2D eigenvalue weighted by atomic mass is 9.95. The Morgan fingerprint density at radius 1 is 1.37 bits per heavy atom. The van der Waals surface area contributed by atoms with Crippen LogP contribution in [0.4, 0.5) is 0 Å². The Balaban J connectivity index is 1.55. The minimum Gasteiger partial charge on any atom is -0.352 e. The van der Waals surface area contributed by atoms with Crippen LogP contribution in [0.2, 0.25) is 0 Å². The Morgan fingerprint density at radius 3 is 2.95 bits per heavy atom. The average molecular weight is 258 g/mol. The van der Waals surface area contributed by atoms with Gasteiger partial charge in [0.25, 0.3) is 0 Å². The minimum absolute atomic E-state index is 0.0576. The van der Waals surface area contributed by atoms with Crippen molar-refractivity contribution in [3.05, 3.63) is 35.4 Å². The summed E-state index contributed by atoms with van der Waals surface area (Å²) in [5.74, 6) is 0.905. The molecule has 1 aromatic carbocycles. The van der Waals surface area contributed by atoms with Crippen LogP contribution in [0, 0.1) is 5.92 Å². The summed E-state index contributed by atoms with van der Waals surface area (Å²) < 4.78 is 0. The third-order valence-electron chi connectivity index (χ3n) is 4.31. The number of hydrogen-bond acceptors (Lipinski definition) is 2. The molecule has 19 heavy (non-hydrogen) atoms. The van der Waals surface area contributed by atoms with Crippen molar-refractivity contribution in [2.24, 2.45) is 5.92 Å². The molecule has 0 spiro atoms. The summed E-state index contributed by atoms with van der Waals surface area (Å²) >= 11 is 0. The van der Waals surface area contributed by atoms with Gasteiger partial charge < -0.3 is 10.6 Å². The van der Waals surface area contributed by atoms with Crippen molar-refractivity contribution in [3.8, 4) is 0 Å². The van der Waals surface area contributed by atoms with Crippen LogP contribution in [0.1, 0.15) is 37.3 Å². The lowest BCUT2D eigenvalue weighted by Gasteiger charge is -2.25. The standard InChI is InChI=1S/C16H22N2O/c1-2-5-12-9-14(12)18-16(19)15-8-11-6-3-4-7-13(11)10-17-15/h3-4,6-7,12,14-15,17H,2,5,8-10H2,1H3,(H,18,19). The van der Waals surface area contributed by atoms with E-state index >= 15 is 0 Å². The van der Waals surface area contributed by atoms with Gasteiger partial charge in [0.2, 0.25) is 5.91 Å². The molecule has 3 atom stereocenters. The quantitative estimate of drug-likeness (QED) is 0.867. The van der Waals surface area contributed by atoms with E-state index in [4.69, 9.17) is 0 Å². The molecule has 0 aromatic heterocycles. The van der Waals surface area contributed by atoms with Crippen LogP contribution in [-0.2, 0) is 17.8 Å². The first kappa shape index (κ1) is 12.7. The van der Waals surface area contributed by atoms with E-state index in [1.165, 1.54) is 30.4 Å². The van der Waals surface area contributed by atoms with E-state index < -0.39 is 0 Å². The molecule has 1 aliphatic heterocycles. The van der Waals surface area contributed by atoms with E-state index in [0.29, 0.717) is 6.04 Å². The second kappa shape index (κ2) is 5.33. The highest BCUT2D eigenvalue weighted by molar-refractivity contribution is 5.83. The molecule has 0 saturated heterocycles. The number of hydrogen-bond donors (Lipinski definition) is 2. The summed E-state index contributed by atoms with van der Waals surface area (Å²) in [5.41, 5.74) is 2.63. The third kappa shape index (κ3) is 2.81. The van der Waals surface area contributed by atoms with Gasteiger partial charge in [-0.05, 0) is 36.3 Å². The number of amides is 1. The van der Waals surface area contributed by atoms with Gasteiger partial charge in [-0.25, -0.2) is 0 Å². The number of benzene rings is 1. The summed E-state index contributed by atoms with van der Waals surface area (Å²) in [6, 6.07) is 8.75. The molecule has 2 aliphatic rings. The maximum absolute atomic E-state index is 12.2. The highest BCUT2D eigenvalue weighted by Gasteiger charge is 2.38. The van der Waals surface area contributed by atoms with Crippen LogP contribution >= 0.6 is 0 Å². The van der Waals surface area contributed by atoms with E-state index in [1.54, 1.807) is 0 Å². The highest BCUT2D eigenvalue weighted by atomic mass is 16.2. The smallest absolute Gasteiger partial charge is 0.237 e. The summed E-state index contributed by atoms with van der Waals surface area (Å²) in [6.45, 7) is 3.01. The first-order valence-corrected chi connectivity index (χ1v) is 7.38. The van der Waals surface area contributed by atoms with Gasteiger partial charge in [-0.15, -0.1) is 0 Å². The van der Waals surface area contributed by atoms with Gasteiger partial charge in [0.15, 0.2) is 0 Å². The van der Waals surface area contributed by atoms with Crippen LogP contribution in [0.25, 0.3) is 0 Å². The SMILES string of the molecule is CCCC1CC1NC(=O)C1Cc2ccccc2CN1. The molecule has 1 aromatic rings. The fraction of sp³-hybridized carbons (Fsp3) is 0.562. The molecule has 1 heterocycles. The fourth-order valence-electron chi connectivity index (χ4n) is 3.04. The van der Waals surface area contributed by atoms with Crippen LogP contribution < -0.4 is 10.6 Å². The lowest BCUT2D eigenvalue weighted by Crippen LogP contribution is -2.48. The van der Waals surface area contributed by atoms with Crippen molar-refractivity contribution in [1.29, 1.82) is 0 Å². The maximum atomic E-state index is 12.2. The summed E-state index contributed by atoms with van der Waals surface area (Å²) in [7, 11) is 0. The summed E-state index contributed by atoms with van der Waals surface area (Å²) in [5, 5.41) is 6.53. The van der Waals surface area contributed by atoms with E-state index in [-0.39, 0.29) is 11.9 Å². The zero-order valence-electron chi connectivity index (χ0n) is 11.5. The van der Waals surface area contributed by atoms with Crippen molar-refractivity contribution in [2.45, 2.75) is 51.2 Å². The monoisotopic (exact) mass is 258 g/mol. The molecule has 3 heteroatoms. The van der Waals surface area contributed by atoms with Gasteiger partial charge in [0.05, 0.1) is 6.04 Å². The van der Waals surface area contributed by atoms with Crippen LogP contribution in [0.15, 0.2) is 24.3 Å². The second-order valence-electron chi connectivity index (χ2n) is 5.81. The molecule has 102 valence electrons. The van der Waals surface area contributed by atoms with Crippen molar-refractivity contribution in [1.82, 2.24) is 10.6 Å². The predicted octanol–water partition coefficient (Wildman–Crippen LogP) is 2.01. The zero-order chi connectivity index (χ0) is 13.2. The molecule has 1 amide bonds. The normalized spacial score (nSPS) is 28.6. The van der Waals surface area contributed by atoms with Gasteiger partial charge in [-0.1, -0.05) is 37.6 Å². The number of carbonyl (C=O) groups is 1. The van der Waals surface area contributed by atoms with E-state index in [1.807, 2.05) is 0 Å². The molecule has 1 aliphatic carbocycles. The Labute approximate surface area is 114 Å². The molecule has 2 N–H and O–H groups in total. The lowest BCUT2D eigenvalue weighted by molar-refractivity contribution is -0.123. The van der Waals surface area contributed by atoms with E-state index in [2.05, 4.69) is 41.8 Å². The molecule has 1 saturated carbocycles. The molecular formula is C16H22N2O. The minimum atomic E-state index is -0.0576. The molecule has 1 fully saturated rings. The first-order valence-electron chi connectivity index (χ1n) is 7.38. The van der Waals surface area contributed by atoms with E-state index in [0.717, 1.165) is 18.9 Å². The largest absolute Gasteiger partial charge is 0.352 e. The van der Waals surface area contributed by atoms with Gasteiger partial charge in [-0.2, -0.15) is 0 Å². The maximum Gasteiger partial charge on any atom is 0.237 e. The highest BCUT2D eigenvalue weighted by Crippen LogP contribution is 2.34. The topological polar surface area (TPSA) is 41.1 Å². The number of fused-ring (bicyclic) bond motifs is 1. The Morgan fingerprint density at radius 2 is 2.16 bits per heavy atom. The first-order chi connectivity index (χ1) is 9.28. The summed E-state index contributed by atoms with van der Waals surface area (Å²) in [6.07, 6.45) is 4.44. The third-order valence-corrected chi connectivity index (χ3v) is 4.31. The number of rotatable bonds is 4. The van der Waals surface area contributed by atoms with Gasteiger partial charge in [0.1, 0.15) is 0 Å². The molecule has 3 nitrogen and oxygen atoms in total. The van der Waals surface area contributed by atoms with Crippen LogP contribution in [0.5, 0.6) is 0 Å². The second-order valence-corrected chi connectivity index (χ2v) is 5.81. The van der Waals surface area contributed by atoms with Gasteiger partial charge in [0, 0.05) is 12.6 Å². The Hall–Kier alpha value is -1.35.